The summed E-state index contributed by atoms with van der Waals surface area (Å²) in [4.78, 5) is 103. The Morgan fingerprint density at radius 3 is 1.71 bits per heavy atom. The molecule has 0 radical (unpaired) electrons. The molecule has 6 amide bonds. The van der Waals surface area contributed by atoms with Crippen LogP contribution in [0.15, 0.2) is 102 Å². The molecule has 2 saturated heterocycles. The van der Waals surface area contributed by atoms with E-state index in [0.29, 0.717) is 16.7 Å². The number of thiazole rings is 2. The number of β-amino-alcohol motifs (C(OH)–C–C–N with tert-alkyl or cyclic N) is 2. The maximum absolute atomic E-state index is 15.0. The minimum absolute atomic E-state index is 0.00961. The quantitative estimate of drug-likeness (QED) is 0.0866. The lowest BCUT2D eigenvalue weighted by atomic mass is 10.00. The third-order valence-corrected chi connectivity index (χ3v) is 17.1. The molecule has 400 valence electrons. The molecule has 0 unspecified atom stereocenters. The van der Waals surface area contributed by atoms with Crippen LogP contribution in [0.25, 0.3) is 20.9 Å². The van der Waals surface area contributed by atoms with Gasteiger partial charge in [0.05, 0.1) is 44.8 Å². The highest BCUT2D eigenvalue weighted by Crippen LogP contribution is 2.36. The minimum atomic E-state index is -1.34. The number of carbonyl (C=O) groups is 6. The summed E-state index contributed by atoms with van der Waals surface area (Å²) in [6.45, 7) is 11.4. The van der Waals surface area contributed by atoms with E-state index in [0.717, 1.165) is 49.0 Å². The Bertz CT molecular complexity index is 3230. The van der Waals surface area contributed by atoms with E-state index in [1.165, 1.54) is 30.9 Å². The second-order valence-corrected chi connectivity index (χ2v) is 22.8. The van der Waals surface area contributed by atoms with E-state index in [1.54, 1.807) is 52.7 Å². The van der Waals surface area contributed by atoms with E-state index in [1.807, 2.05) is 102 Å². The molecule has 0 spiro atoms. The van der Waals surface area contributed by atoms with Gasteiger partial charge in [-0.1, -0.05) is 94.4 Å². The van der Waals surface area contributed by atoms with Gasteiger partial charge in [-0.05, 0) is 83.3 Å². The molecule has 10 rings (SSSR count). The highest BCUT2D eigenvalue weighted by atomic mass is 32.1. The maximum Gasteiger partial charge on any atom is 0.255 e. The van der Waals surface area contributed by atoms with Crippen molar-refractivity contribution in [3.05, 3.63) is 147 Å². The van der Waals surface area contributed by atoms with Crippen LogP contribution in [-0.2, 0) is 45.4 Å². The summed E-state index contributed by atoms with van der Waals surface area (Å²) in [6.07, 6.45) is -3.52. The van der Waals surface area contributed by atoms with Gasteiger partial charge in [0, 0.05) is 50.3 Å². The normalized spacial score (nSPS) is 20.7. The monoisotopic (exact) mass is 1080 g/mol. The van der Waals surface area contributed by atoms with Gasteiger partial charge in [-0.25, -0.2) is 9.97 Å². The number of benzene rings is 4. The summed E-state index contributed by atoms with van der Waals surface area (Å²) in [5.74, 6) is -3.19. The number of ether oxygens (including phenoxy) is 1. The van der Waals surface area contributed by atoms with E-state index >= 15 is 0 Å². The molecule has 19 heteroatoms. The average molecular weight is 1080 g/mol. The first-order chi connectivity index (χ1) is 37.0. The Morgan fingerprint density at radius 1 is 0.662 bits per heavy atom. The molecule has 2 aromatic heterocycles. The van der Waals surface area contributed by atoms with E-state index in [4.69, 9.17) is 4.74 Å². The SMILES string of the molecule is Cc1ncsc1-c1ccc(CNC(=O)[C@@H]2[C@@H](Oc3ccc4c(c3)CN([C@H](C(=O)N3C[C@H](O)C[C@H]3C(=O)NCc3ccc(-c5scnc5C)cc3)C(C)C)C4=O)[C@@H](O)CN2C(=O)[C@H](C(C)C)N2Cc3ccccc3C2=O)cc1. The molecular weight excluding hydrogens is 1020 g/mol. The molecule has 6 aromatic rings. The lowest BCUT2D eigenvalue weighted by Crippen LogP contribution is -2.57. The molecule has 4 aromatic carbocycles. The van der Waals surface area contributed by atoms with Crippen LogP contribution in [-0.4, -0.2) is 131 Å². The summed E-state index contributed by atoms with van der Waals surface area (Å²) in [5.41, 5.74) is 11.3. The number of nitrogens with zero attached hydrogens (tertiary/aromatic N) is 6. The van der Waals surface area contributed by atoms with E-state index in [-0.39, 0.29) is 63.3 Å². The van der Waals surface area contributed by atoms with Crippen LogP contribution < -0.4 is 15.4 Å². The summed E-state index contributed by atoms with van der Waals surface area (Å²) in [5, 5.41) is 28.7. The van der Waals surface area contributed by atoms with Gasteiger partial charge < -0.3 is 45.2 Å². The smallest absolute Gasteiger partial charge is 0.255 e. The number of fused-ring (bicyclic) bond motifs is 2. The number of rotatable bonds is 16. The first kappa shape index (κ1) is 53.1. The van der Waals surface area contributed by atoms with Gasteiger partial charge in [0.1, 0.15) is 30.0 Å². The lowest BCUT2D eigenvalue weighted by Gasteiger charge is -2.35. The summed E-state index contributed by atoms with van der Waals surface area (Å²) < 4.78 is 6.56. The van der Waals surface area contributed by atoms with Gasteiger partial charge >= 0.3 is 0 Å². The molecule has 0 saturated carbocycles. The van der Waals surface area contributed by atoms with Crippen LogP contribution in [0.1, 0.15) is 88.5 Å². The lowest BCUT2D eigenvalue weighted by molar-refractivity contribution is -0.144. The van der Waals surface area contributed by atoms with Gasteiger partial charge in [-0.3, -0.25) is 28.8 Å². The molecule has 17 nitrogen and oxygen atoms in total. The number of hydrogen-bond acceptors (Lipinski definition) is 13. The first-order valence-electron chi connectivity index (χ1n) is 26.0. The maximum atomic E-state index is 15.0. The fourth-order valence-corrected chi connectivity index (χ4v) is 12.9. The molecule has 4 aliphatic heterocycles. The van der Waals surface area contributed by atoms with Crippen LogP contribution >= 0.6 is 22.7 Å². The molecule has 7 atom stereocenters. The predicted octanol–water partition coefficient (Wildman–Crippen LogP) is 6.13. The number of aromatic nitrogens is 2. The molecule has 0 bridgehead atoms. The van der Waals surface area contributed by atoms with Gasteiger partial charge in [0.15, 0.2) is 12.1 Å². The highest BCUT2D eigenvalue weighted by molar-refractivity contribution is 7.13. The fourth-order valence-electron chi connectivity index (χ4n) is 11.3. The zero-order chi connectivity index (χ0) is 54.4. The Balaban J connectivity index is 0.857. The summed E-state index contributed by atoms with van der Waals surface area (Å²) >= 11 is 3.09. The Hall–Kier alpha value is -7.32. The van der Waals surface area contributed by atoms with Crippen molar-refractivity contribution in [1.29, 1.82) is 0 Å². The number of carbonyl (C=O) groups excluding carboxylic acids is 6. The van der Waals surface area contributed by atoms with Crippen molar-refractivity contribution in [3.63, 3.8) is 0 Å². The average Bonchev–Trinajstić information content (AvgIpc) is 4.34. The van der Waals surface area contributed by atoms with Crippen molar-refractivity contribution in [3.8, 4) is 26.6 Å². The van der Waals surface area contributed by atoms with Crippen LogP contribution in [0, 0.1) is 25.7 Å². The molecule has 77 heavy (non-hydrogen) atoms. The van der Waals surface area contributed by atoms with Crippen molar-refractivity contribution in [2.75, 3.05) is 13.1 Å². The van der Waals surface area contributed by atoms with Crippen LogP contribution in [0.3, 0.4) is 0 Å². The number of aliphatic hydroxyl groups is 2. The van der Waals surface area contributed by atoms with Crippen LogP contribution in [0.4, 0.5) is 0 Å². The Labute approximate surface area is 454 Å². The number of likely N-dealkylation sites (tertiary alicyclic amines) is 2. The second-order valence-electron chi connectivity index (χ2n) is 21.1. The van der Waals surface area contributed by atoms with Crippen LogP contribution in [0.5, 0.6) is 5.75 Å². The third kappa shape index (κ3) is 10.5. The zero-order valence-corrected chi connectivity index (χ0v) is 45.3. The number of amides is 6. The Morgan fingerprint density at radius 2 is 1.18 bits per heavy atom. The van der Waals surface area contributed by atoms with Crippen molar-refractivity contribution >= 4 is 58.1 Å². The third-order valence-electron chi connectivity index (χ3n) is 15.2. The molecular formula is C58H62N8O9S2. The van der Waals surface area contributed by atoms with E-state index in [9.17, 15) is 39.0 Å². The van der Waals surface area contributed by atoms with Gasteiger partial charge in [-0.2, -0.15) is 0 Å². The first-order valence-corrected chi connectivity index (χ1v) is 27.7. The minimum Gasteiger partial charge on any atom is -0.485 e. The van der Waals surface area contributed by atoms with Crippen molar-refractivity contribution in [2.24, 2.45) is 11.8 Å². The summed E-state index contributed by atoms with van der Waals surface area (Å²) in [7, 11) is 0. The zero-order valence-electron chi connectivity index (χ0n) is 43.7. The van der Waals surface area contributed by atoms with Crippen molar-refractivity contribution < 1.29 is 43.7 Å². The highest BCUT2D eigenvalue weighted by Gasteiger charge is 2.53. The van der Waals surface area contributed by atoms with Gasteiger partial charge in [-0.15, -0.1) is 22.7 Å². The molecule has 2 fully saturated rings. The number of aryl methyl sites for hydroxylation is 2. The number of hydrogen-bond donors (Lipinski definition) is 4. The number of aliphatic hydroxyl groups excluding tert-OH is 2. The Kier molecular flexibility index (Phi) is 15.1. The molecule has 0 aliphatic carbocycles. The molecule has 6 heterocycles. The molecule has 4 aliphatic rings. The van der Waals surface area contributed by atoms with Gasteiger partial charge in [0.2, 0.25) is 23.6 Å². The summed E-state index contributed by atoms with van der Waals surface area (Å²) in [6, 6.07) is 23.3. The number of nitrogens with one attached hydrogen (secondary N) is 2. The van der Waals surface area contributed by atoms with Gasteiger partial charge in [0.25, 0.3) is 11.8 Å². The molecule has 4 N–H and O–H groups in total. The predicted molar refractivity (Wildman–Crippen MR) is 290 cm³/mol. The topological polar surface area (TPSA) is 215 Å². The second kappa shape index (κ2) is 22.0. The van der Waals surface area contributed by atoms with E-state index < -0.39 is 77.9 Å². The van der Waals surface area contributed by atoms with Crippen molar-refractivity contribution in [2.45, 2.75) is 117 Å². The van der Waals surface area contributed by atoms with Crippen molar-refractivity contribution in [1.82, 2.24) is 40.2 Å². The van der Waals surface area contributed by atoms with E-state index in [2.05, 4.69) is 20.6 Å². The largest absolute Gasteiger partial charge is 0.485 e. The standard InChI is InChI=1S/C58H62N8O9S2/c1-31(2)47(57(73)63-27-41(67)22-45(63)53(69)59-23-35-11-15-37(16-12-35)51-33(5)61-29-76-51)65-26-40-21-42(19-20-44(40)56(65)72)75-50-46(68)28-66(58(74)48(32(3)4)64-25-39-9-7-8-10-43(39)55(64)71)49(50)54(70)60-24-36-13-17-38(18-14-36)52-34(6)62-30-77-52/h7-21,29-32,41,45-50,67-68H,22-28H2,1-6H3,(H,59,69)(H,60,70)/t41-,45+,46+,47+,48+,49+,50+/m1/s1. The van der Waals surface area contributed by atoms with Crippen LogP contribution in [0.2, 0.25) is 0 Å². The fraction of sp³-hybridized carbons (Fsp3) is 0.379.